The van der Waals surface area contributed by atoms with Crippen molar-refractivity contribution in [2.75, 3.05) is 4.90 Å². The molecule has 0 fully saturated rings. The first-order valence-corrected chi connectivity index (χ1v) is 19.2. The highest BCUT2D eigenvalue weighted by Gasteiger charge is 2.29. The number of benzene rings is 7. The Kier molecular flexibility index (Phi) is 7.44. The lowest BCUT2D eigenvalue weighted by molar-refractivity contribution is 0.516. The minimum absolute atomic E-state index is 0.321. The van der Waals surface area contributed by atoms with Crippen LogP contribution in [0.4, 0.5) is 11.4 Å². The van der Waals surface area contributed by atoms with Crippen LogP contribution in [0.25, 0.3) is 77.3 Å². The van der Waals surface area contributed by atoms with Gasteiger partial charge in [0.05, 0.1) is 0 Å². The van der Waals surface area contributed by atoms with Gasteiger partial charge in [0.1, 0.15) is 22.3 Å². The average Bonchev–Trinajstić information content (AvgIpc) is 3.82. The molecule has 2 heterocycles. The van der Waals surface area contributed by atoms with Crippen molar-refractivity contribution in [1.29, 1.82) is 0 Å². The largest absolute Gasteiger partial charge is 0.456 e. The number of fused-ring (bicyclic) bond motifs is 7. The molecular weight excluding hydrogens is 671 g/mol. The van der Waals surface area contributed by atoms with E-state index in [2.05, 4.69) is 181 Å². The summed E-state index contributed by atoms with van der Waals surface area (Å²) < 4.78 is 13.4. The molecule has 2 aliphatic carbocycles. The van der Waals surface area contributed by atoms with Crippen molar-refractivity contribution in [3.8, 4) is 33.4 Å². The number of hydrogen-bond donors (Lipinski definition) is 0. The smallest absolute Gasteiger partial charge is 0.144 e. The minimum atomic E-state index is 0.321. The summed E-state index contributed by atoms with van der Waals surface area (Å²) >= 11 is 0. The van der Waals surface area contributed by atoms with Crippen molar-refractivity contribution in [2.24, 2.45) is 5.92 Å². The van der Waals surface area contributed by atoms with Crippen molar-refractivity contribution >= 4 is 55.3 Å². The number of rotatable bonds is 6. The highest BCUT2D eigenvalue weighted by atomic mass is 16.3. The van der Waals surface area contributed by atoms with E-state index in [1.165, 1.54) is 28.1 Å². The fourth-order valence-electron chi connectivity index (χ4n) is 9.01. The molecule has 0 saturated heterocycles. The Bertz CT molecular complexity index is 2960. The molecule has 0 aliphatic heterocycles. The van der Waals surface area contributed by atoms with Gasteiger partial charge in [0.2, 0.25) is 0 Å². The lowest BCUT2D eigenvalue weighted by Gasteiger charge is -2.38. The topological polar surface area (TPSA) is 29.5 Å². The van der Waals surface area contributed by atoms with Gasteiger partial charge in [-0.15, -0.1) is 0 Å². The first-order chi connectivity index (χ1) is 27.3. The van der Waals surface area contributed by atoms with E-state index in [1.807, 2.05) is 12.1 Å². The van der Waals surface area contributed by atoms with Gasteiger partial charge in [-0.25, -0.2) is 0 Å². The lowest BCUT2D eigenvalue weighted by Crippen LogP contribution is -2.35. The van der Waals surface area contributed by atoms with Gasteiger partial charge < -0.3 is 13.7 Å². The van der Waals surface area contributed by atoms with Crippen LogP contribution in [0.15, 0.2) is 203 Å². The van der Waals surface area contributed by atoms with Crippen LogP contribution in [0.2, 0.25) is 0 Å². The van der Waals surface area contributed by atoms with Gasteiger partial charge >= 0.3 is 0 Å². The summed E-state index contributed by atoms with van der Waals surface area (Å²) in [7, 11) is 0. The summed E-state index contributed by atoms with van der Waals surface area (Å²) in [5.41, 5.74) is 14.2. The van der Waals surface area contributed by atoms with Gasteiger partial charge in [-0.05, 0) is 88.7 Å². The zero-order chi connectivity index (χ0) is 36.3. The van der Waals surface area contributed by atoms with Gasteiger partial charge in [-0.1, -0.05) is 146 Å². The van der Waals surface area contributed by atoms with Crippen molar-refractivity contribution in [3.05, 3.63) is 194 Å². The van der Waals surface area contributed by atoms with E-state index in [9.17, 15) is 0 Å². The maximum atomic E-state index is 6.84. The molecular formula is C52H37NO2. The van der Waals surface area contributed by atoms with Crippen LogP contribution in [0.1, 0.15) is 12.8 Å². The molecule has 0 radical (unpaired) electrons. The summed E-state index contributed by atoms with van der Waals surface area (Å²) in [6, 6.07) is 56.6. The summed E-state index contributed by atoms with van der Waals surface area (Å²) in [4.78, 5) is 2.55. The van der Waals surface area contributed by atoms with Gasteiger partial charge in [0.15, 0.2) is 0 Å². The molecule has 3 heteroatoms. The molecule has 7 aromatic carbocycles. The van der Waals surface area contributed by atoms with E-state index < -0.39 is 0 Å². The third-order valence-electron chi connectivity index (χ3n) is 11.6. The predicted octanol–water partition coefficient (Wildman–Crippen LogP) is 14.5. The van der Waals surface area contributed by atoms with Crippen LogP contribution in [0, 0.1) is 5.92 Å². The molecule has 11 rings (SSSR count). The van der Waals surface area contributed by atoms with Crippen LogP contribution in [-0.4, -0.2) is 6.04 Å². The van der Waals surface area contributed by atoms with E-state index in [0.29, 0.717) is 12.0 Å². The molecule has 0 bridgehead atoms. The Hall–Kier alpha value is -6.84. The second kappa shape index (κ2) is 12.9. The molecule has 0 spiro atoms. The molecule has 0 amide bonds. The second-order valence-electron chi connectivity index (χ2n) is 14.8. The quantitative estimate of drug-likeness (QED) is 0.172. The van der Waals surface area contributed by atoms with Crippen LogP contribution >= 0.6 is 0 Å². The predicted molar refractivity (Wildman–Crippen MR) is 229 cm³/mol. The fraction of sp³-hybridized carbons (Fsp3) is 0.0769. The van der Waals surface area contributed by atoms with Crippen molar-refractivity contribution < 1.29 is 8.83 Å². The Morgan fingerprint density at radius 1 is 0.509 bits per heavy atom. The van der Waals surface area contributed by atoms with Crippen molar-refractivity contribution in [2.45, 2.75) is 18.9 Å². The highest BCUT2D eigenvalue weighted by molar-refractivity contribution is 6.25. The second-order valence-corrected chi connectivity index (χ2v) is 14.8. The SMILES string of the molecule is C1=CC2=CCC(N(c3ccc(-c4ccccc4)cc3)c3ccc(-c4cccc5oc6c(-c7ccccc7)c7c(cc6c45)oc4ccccc47)cc3)CC2C=C1. The maximum Gasteiger partial charge on any atom is 0.144 e. The van der Waals surface area contributed by atoms with E-state index in [0.717, 1.165) is 79.0 Å². The van der Waals surface area contributed by atoms with E-state index in [4.69, 9.17) is 8.83 Å². The van der Waals surface area contributed by atoms with E-state index in [-0.39, 0.29) is 0 Å². The molecule has 2 unspecified atom stereocenters. The molecule has 9 aromatic rings. The third kappa shape index (κ3) is 5.34. The number of allylic oxidation sites excluding steroid dienone is 5. The Morgan fingerprint density at radius 3 is 1.96 bits per heavy atom. The van der Waals surface area contributed by atoms with Crippen LogP contribution in [-0.2, 0) is 0 Å². The van der Waals surface area contributed by atoms with Crippen molar-refractivity contribution in [1.82, 2.24) is 0 Å². The third-order valence-corrected chi connectivity index (χ3v) is 11.6. The normalized spacial score (nSPS) is 16.5. The standard InChI is InChI=1S/C52H37NO2/c1-3-12-34(13-4-1)36-22-27-40(28-23-36)53(42-31-24-35-14-7-8-17-39(35)32-42)41-29-25-37(26-30-41)43-19-11-21-47-50(43)45-33-48-51(44-18-9-10-20-46(44)54-48)49(52(45)55-47)38-15-5-2-6-16-38/h1-30,33,39,42H,31-32H2. The Labute approximate surface area is 319 Å². The van der Waals surface area contributed by atoms with Crippen LogP contribution in [0.3, 0.4) is 0 Å². The molecule has 262 valence electrons. The summed E-state index contributed by atoms with van der Waals surface area (Å²) in [6.07, 6.45) is 13.5. The monoisotopic (exact) mass is 707 g/mol. The van der Waals surface area contributed by atoms with E-state index >= 15 is 0 Å². The Balaban J connectivity index is 1.04. The van der Waals surface area contributed by atoms with Crippen LogP contribution < -0.4 is 4.90 Å². The van der Waals surface area contributed by atoms with Gasteiger partial charge in [-0.2, -0.15) is 0 Å². The average molecular weight is 708 g/mol. The van der Waals surface area contributed by atoms with Gasteiger partial charge in [0, 0.05) is 50.4 Å². The van der Waals surface area contributed by atoms with Gasteiger partial charge in [0.25, 0.3) is 0 Å². The first-order valence-electron chi connectivity index (χ1n) is 19.2. The molecule has 2 atom stereocenters. The van der Waals surface area contributed by atoms with Crippen molar-refractivity contribution in [3.63, 3.8) is 0 Å². The zero-order valence-electron chi connectivity index (χ0n) is 30.2. The number of para-hydroxylation sites is 1. The van der Waals surface area contributed by atoms with E-state index in [1.54, 1.807) is 0 Å². The first kappa shape index (κ1) is 31.7. The number of anilines is 2. The fourth-order valence-corrected chi connectivity index (χ4v) is 9.01. The number of nitrogens with zero attached hydrogens (tertiary/aromatic N) is 1. The lowest BCUT2D eigenvalue weighted by atomic mass is 9.81. The van der Waals surface area contributed by atoms with Gasteiger partial charge in [-0.3, -0.25) is 0 Å². The molecule has 55 heavy (non-hydrogen) atoms. The number of hydrogen-bond acceptors (Lipinski definition) is 3. The molecule has 0 N–H and O–H groups in total. The number of furan rings is 2. The minimum Gasteiger partial charge on any atom is -0.456 e. The van der Waals surface area contributed by atoms with Crippen LogP contribution in [0.5, 0.6) is 0 Å². The Morgan fingerprint density at radius 2 is 1.18 bits per heavy atom. The molecule has 2 aliphatic rings. The highest BCUT2D eigenvalue weighted by Crippen LogP contribution is 2.47. The summed E-state index contributed by atoms with van der Waals surface area (Å²) in [6.45, 7) is 0. The zero-order valence-corrected chi connectivity index (χ0v) is 30.2. The molecule has 2 aromatic heterocycles. The summed E-state index contributed by atoms with van der Waals surface area (Å²) in [5, 5.41) is 4.33. The molecule has 3 nitrogen and oxygen atoms in total. The maximum absolute atomic E-state index is 6.84. The molecule has 0 saturated carbocycles. The summed E-state index contributed by atoms with van der Waals surface area (Å²) in [5.74, 6) is 0.431.